The third-order valence-corrected chi connectivity index (χ3v) is 6.99. The molecule has 0 aliphatic carbocycles. The van der Waals surface area contributed by atoms with Gasteiger partial charge < -0.3 is 9.31 Å². The predicted octanol–water partition coefficient (Wildman–Crippen LogP) is 6.72. The van der Waals surface area contributed by atoms with Crippen molar-refractivity contribution in [3.63, 3.8) is 0 Å². The Morgan fingerprint density at radius 1 is 0.656 bits per heavy atom. The largest absolute Gasteiger partial charge is 0.495 e. The van der Waals surface area contributed by atoms with Crippen molar-refractivity contribution in [2.45, 2.75) is 32.5 Å². The van der Waals surface area contributed by atoms with E-state index in [9.17, 15) is 0 Å². The lowest BCUT2D eigenvalue weighted by atomic mass is 9.71. The second kappa shape index (κ2) is 7.20. The highest BCUT2D eigenvalue weighted by molar-refractivity contribution is 6.68. The van der Waals surface area contributed by atoms with Crippen molar-refractivity contribution in [1.29, 1.82) is 0 Å². The molecule has 2 nitrogen and oxygen atoms in total. The van der Waals surface area contributed by atoms with Crippen LogP contribution in [0.25, 0.3) is 43.4 Å². The van der Waals surface area contributed by atoms with Crippen molar-refractivity contribution in [3.05, 3.63) is 91.0 Å². The zero-order chi connectivity index (χ0) is 21.9. The summed E-state index contributed by atoms with van der Waals surface area (Å²) in [5, 5.41) is 7.33. The van der Waals surface area contributed by atoms with Gasteiger partial charge in [-0.15, -0.1) is 0 Å². The highest BCUT2D eigenvalue weighted by Crippen LogP contribution is 2.40. The summed E-state index contributed by atoms with van der Waals surface area (Å²) in [6.07, 6.45) is 0.0165. The van der Waals surface area contributed by atoms with E-state index in [1.54, 1.807) is 0 Å². The Kier molecular flexibility index (Phi) is 4.39. The Hall–Kier alpha value is -3.14. The van der Waals surface area contributed by atoms with E-state index in [-0.39, 0.29) is 11.7 Å². The standard InChI is InChI=1S/C29H25BO2/c1-19-29(2,3)32-30(31-19)28-25-16-8-6-14-23(25)27(24-15-7-9-17-26(24)28)22-18-10-12-20-11-4-5-13-21(20)22/h4-19H,1-3H3. The van der Waals surface area contributed by atoms with Gasteiger partial charge in [0.15, 0.2) is 0 Å². The Morgan fingerprint density at radius 3 is 1.78 bits per heavy atom. The second-order valence-corrected chi connectivity index (χ2v) is 9.24. The van der Waals surface area contributed by atoms with E-state index in [1.165, 1.54) is 43.4 Å². The Labute approximate surface area is 188 Å². The van der Waals surface area contributed by atoms with Crippen molar-refractivity contribution < 1.29 is 9.31 Å². The molecule has 1 fully saturated rings. The van der Waals surface area contributed by atoms with Gasteiger partial charge in [-0.25, -0.2) is 0 Å². The third kappa shape index (κ3) is 2.89. The van der Waals surface area contributed by atoms with Crippen molar-refractivity contribution in [2.75, 3.05) is 0 Å². The zero-order valence-corrected chi connectivity index (χ0v) is 18.6. The Morgan fingerprint density at radius 2 is 1.19 bits per heavy atom. The minimum Gasteiger partial charge on any atom is -0.402 e. The van der Waals surface area contributed by atoms with E-state index in [1.807, 2.05) is 0 Å². The summed E-state index contributed by atoms with van der Waals surface area (Å²) >= 11 is 0. The maximum absolute atomic E-state index is 6.46. The fraction of sp³-hybridized carbons (Fsp3) is 0.172. The Bertz CT molecular complexity index is 1430. The minimum absolute atomic E-state index is 0.0165. The Balaban J connectivity index is 1.74. The van der Waals surface area contributed by atoms with E-state index in [0.29, 0.717) is 0 Å². The number of rotatable bonds is 2. The quantitative estimate of drug-likeness (QED) is 0.235. The monoisotopic (exact) mass is 416 g/mol. The van der Waals surface area contributed by atoms with Gasteiger partial charge in [0, 0.05) is 0 Å². The minimum atomic E-state index is -0.392. The van der Waals surface area contributed by atoms with Gasteiger partial charge in [0.05, 0.1) is 11.7 Å². The summed E-state index contributed by atoms with van der Waals surface area (Å²) in [4.78, 5) is 0. The van der Waals surface area contributed by atoms with E-state index in [4.69, 9.17) is 9.31 Å². The summed E-state index contributed by atoms with van der Waals surface area (Å²) < 4.78 is 12.8. The van der Waals surface area contributed by atoms with Gasteiger partial charge in [0.25, 0.3) is 0 Å². The first-order valence-electron chi connectivity index (χ1n) is 11.3. The lowest BCUT2D eigenvalue weighted by molar-refractivity contribution is 0.0842. The summed E-state index contributed by atoms with van der Waals surface area (Å²) in [5.74, 6) is 0. The van der Waals surface area contributed by atoms with Gasteiger partial charge in [-0.05, 0) is 69.7 Å². The topological polar surface area (TPSA) is 18.5 Å². The molecule has 1 unspecified atom stereocenters. The van der Waals surface area contributed by atoms with Crippen LogP contribution in [0.5, 0.6) is 0 Å². The normalized spacial score (nSPS) is 18.1. The number of hydrogen-bond donors (Lipinski definition) is 0. The fourth-order valence-electron chi connectivity index (χ4n) is 5.03. The molecule has 1 aliphatic heterocycles. The molecule has 5 aromatic carbocycles. The summed E-state index contributed by atoms with van der Waals surface area (Å²) in [5.41, 5.74) is 3.31. The zero-order valence-electron chi connectivity index (χ0n) is 18.6. The van der Waals surface area contributed by atoms with Crippen LogP contribution < -0.4 is 5.46 Å². The van der Waals surface area contributed by atoms with Crippen LogP contribution in [-0.4, -0.2) is 18.8 Å². The molecule has 6 rings (SSSR count). The molecule has 5 aromatic rings. The van der Waals surface area contributed by atoms with Gasteiger partial charge in [-0.1, -0.05) is 91.0 Å². The molecular formula is C29H25BO2. The van der Waals surface area contributed by atoms with Gasteiger partial charge in [-0.2, -0.15) is 0 Å². The lowest BCUT2D eigenvalue weighted by Crippen LogP contribution is -2.36. The van der Waals surface area contributed by atoms with Gasteiger partial charge >= 0.3 is 7.12 Å². The van der Waals surface area contributed by atoms with Crippen LogP contribution in [-0.2, 0) is 9.31 Å². The molecule has 1 atom stereocenters. The van der Waals surface area contributed by atoms with Crippen molar-refractivity contribution >= 4 is 44.9 Å². The van der Waals surface area contributed by atoms with Gasteiger partial charge in [-0.3, -0.25) is 0 Å². The lowest BCUT2D eigenvalue weighted by Gasteiger charge is -2.22. The SMILES string of the molecule is CC1OB(c2c3ccccc3c(-c3cccc4ccccc34)c3ccccc23)OC1(C)C. The maximum atomic E-state index is 6.46. The van der Waals surface area contributed by atoms with Crippen molar-refractivity contribution in [2.24, 2.45) is 0 Å². The van der Waals surface area contributed by atoms with Crippen molar-refractivity contribution in [1.82, 2.24) is 0 Å². The average molecular weight is 416 g/mol. The highest BCUT2D eigenvalue weighted by Gasteiger charge is 2.45. The molecule has 32 heavy (non-hydrogen) atoms. The molecule has 0 radical (unpaired) electrons. The smallest absolute Gasteiger partial charge is 0.402 e. The maximum Gasteiger partial charge on any atom is 0.495 e. The van der Waals surface area contributed by atoms with Crippen LogP contribution in [0.1, 0.15) is 20.8 Å². The number of benzene rings is 5. The van der Waals surface area contributed by atoms with E-state index in [0.717, 1.165) is 5.46 Å². The molecule has 0 amide bonds. The second-order valence-electron chi connectivity index (χ2n) is 9.24. The van der Waals surface area contributed by atoms with Gasteiger partial charge in [0.1, 0.15) is 0 Å². The number of hydrogen-bond acceptors (Lipinski definition) is 2. The molecule has 0 aromatic heterocycles. The molecule has 0 bridgehead atoms. The van der Waals surface area contributed by atoms with Gasteiger partial charge in [0.2, 0.25) is 0 Å². The van der Waals surface area contributed by atoms with Crippen LogP contribution in [0.2, 0.25) is 0 Å². The molecule has 156 valence electrons. The molecule has 1 heterocycles. The first kappa shape index (κ1) is 19.5. The van der Waals surface area contributed by atoms with Crippen LogP contribution >= 0.6 is 0 Å². The highest BCUT2D eigenvalue weighted by atomic mass is 16.7. The van der Waals surface area contributed by atoms with E-state index < -0.39 is 7.12 Å². The molecule has 0 saturated carbocycles. The van der Waals surface area contributed by atoms with Crippen LogP contribution in [0.4, 0.5) is 0 Å². The fourth-order valence-corrected chi connectivity index (χ4v) is 5.03. The third-order valence-electron chi connectivity index (χ3n) is 6.99. The first-order chi connectivity index (χ1) is 15.5. The molecule has 3 heteroatoms. The molecule has 1 aliphatic rings. The van der Waals surface area contributed by atoms with E-state index in [2.05, 4.69) is 112 Å². The molecular weight excluding hydrogens is 391 g/mol. The van der Waals surface area contributed by atoms with E-state index >= 15 is 0 Å². The molecule has 0 spiro atoms. The first-order valence-corrected chi connectivity index (χ1v) is 11.3. The average Bonchev–Trinajstić information content (AvgIpc) is 3.08. The number of fused-ring (bicyclic) bond motifs is 3. The molecule has 1 saturated heterocycles. The summed E-state index contributed by atoms with van der Waals surface area (Å²) in [6.45, 7) is 6.30. The predicted molar refractivity (Wildman–Crippen MR) is 135 cm³/mol. The van der Waals surface area contributed by atoms with Crippen LogP contribution in [0.15, 0.2) is 91.0 Å². The molecule has 0 N–H and O–H groups in total. The van der Waals surface area contributed by atoms with Crippen LogP contribution in [0, 0.1) is 0 Å². The van der Waals surface area contributed by atoms with Crippen LogP contribution in [0.3, 0.4) is 0 Å². The van der Waals surface area contributed by atoms with Crippen molar-refractivity contribution in [3.8, 4) is 11.1 Å². The summed E-state index contributed by atoms with van der Waals surface area (Å²) in [6, 6.07) is 32.5. The summed E-state index contributed by atoms with van der Waals surface area (Å²) in [7, 11) is -0.392.